The summed E-state index contributed by atoms with van der Waals surface area (Å²) in [5, 5.41) is 6.75. The molecule has 0 aromatic heterocycles. The van der Waals surface area contributed by atoms with Gasteiger partial charge in [0.1, 0.15) is 11.5 Å². The zero-order chi connectivity index (χ0) is 9.46. The first-order chi connectivity index (χ1) is 5.46. The monoisotopic (exact) mass is 206 g/mol. The first-order valence-corrected chi connectivity index (χ1v) is 3.79. The van der Waals surface area contributed by atoms with Crippen molar-refractivity contribution in [3.8, 4) is 0 Å². The van der Waals surface area contributed by atoms with Crippen molar-refractivity contribution in [3.05, 3.63) is 0 Å². The quantitative estimate of drug-likeness (QED) is 0.468. The minimum Gasteiger partial charge on any atom is -0.387 e. The summed E-state index contributed by atoms with van der Waals surface area (Å²) in [6.07, 6.45) is -11.9. The Kier molecular flexibility index (Phi) is 2.83. The Morgan fingerprint density at radius 3 is 1.50 bits per heavy atom. The van der Waals surface area contributed by atoms with E-state index in [0.29, 0.717) is 0 Å². The number of aliphatic hydroxyl groups excluding tert-OH is 1. The van der Waals surface area contributed by atoms with Crippen molar-refractivity contribution in [2.45, 2.75) is 36.2 Å². The van der Waals surface area contributed by atoms with Crippen molar-refractivity contribution in [2.75, 3.05) is 0 Å². The number of rotatable bonds is 0. The third kappa shape index (κ3) is 1.40. The summed E-state index contributed by atoms with van der Waals surface area (Å²) in [5.74, 6) is 0. The molecule has 6 heteroatoms. The molecule has 1 fully saturated rings. The Bertz CT molecular complexity index is 111. The van der Waals surface area contributed by atoms with E-state index >= 15 is 0 Å². The molecule has 72 valence electrons. The van der Waals surface area contributed by atoms with Gasteiger partial charge in [-0.25, -0.2) is 17.6 Å². The van der Waals surface area contributed by atoms with E-state index in [0.717, 1.165) is 0 Å². The average molecular weight is 207 g/mol. The molecule has 1 nitrogen and oxygen atoms in total. The molecule has 0 amide bonds. The van der Waals surface area contributed by atoms with Crippen molar-refractivity contribution >= 4 is 11.6 Å². The zero-order valence-electron chi connectivity index (χ0n) is 5.80. The maximum atomic E-state index is 12.6. The van der Waals surface area contributed by atoms with Gasteiger partial charge in [0.15, 0.2) is 24.7 Å². The van der Waals surface area contributed by atoms with E-state index in [1.165, 1.54) is 0 Å². The van der Waals surface area contributed by atoms with Gasteiger partial charge in [0.2, 0.25) is 0 Å². The van der Waals surface area contributed by atoms with Crippen LogP contribution in [0, 0.1) is 0 Å². The zero-order valence-corrected chi connectivity index (χ0v) is 6.56. The highest BCUT2D eigenvalue weighted by Crippen LogP contribution is 2.32. The predicted octanol–water partition coefficient (Wildman–Crippen LogP) is 1.32. The summed E-state index contributed by atoms with van der Waals surface area (Å²) >= 11 is 5.03. The lowest BCUT2D eigenvalue weighted by atomic mass is 9.90. The Labute approximate surface area is 71.3 Å². The highest BCUT2D eigenvalue weighted by molar-refractivity contribution is 6.21. The second-order valence-corrected chi connectivity index (χ2v) is 3.22. The summed E-state index contributed by atoms with van der Waals surface area (Å²) in [6.45, 7) is 0. The van der Waals surface area contributed by atoms with E-state index in [9.17, 15) is 17.6 Å². The van der Waals surface area contributed by atoms with Gasteiger partial charge in [-0.2, -0.15) is 0 Å². The molecule has 0 bridgehead atoms. The van der Waals surface area contributed by atoms with E-state index in [2.05, 4.69) is 0 Å². The van der Waals surface area contributed by atoms with E-state index in [-0.39, 0.29) is 0 Å². The predicted molar refractivity (Wildman–Crippen MR) is 35.2 cm³/mol. The Balaban J connectivity index is 2.76. The molecular weight excluding hydrogens is 200 g/mol. The van der Waals surface area contributed by atoms with Crippen LogP contribution in [0.2, 0.25) is 0 Å². The molecule has 4 unspecified atom stereocenters. The first kappa shape index (κ1) is 10.1. The van der Waals surface area contributed by atoms with Crippen molar-refractivity contribution < 1.29 is 22.7 Å². The fourth-order valence-electron chi connectivity index (χ4n) is 1.08. The molecule has 0 aromatic carbocycles. The molecule has 1 aliphatic carbocycles. The van der Waals surface area contributed by atoms with Gasteiger partial charge in [-0.15, -0.1) is 11.6 Å². The lowest BCUT2D eigenvalue weighted by Gasteiger charge is -2.34. The molecule has 1 N–H and O–H groups in total. The van der Waals surface area contributed by atoms with E-state index in [1.807, 2.05) is 0 Å². The average Bonchev–Trinajstić information content (AvgIpc) is 2.08. The van der Waals surface area contributed by atoms with Crippen LogP contribution in [-0.2, 0) is 0 Å². The number of hydrogen-bond donors (Lipinski definition) is 1. The summed E-state index contributed by atoms with van der Waals surface area (Å²) < 4.78 is 50.2. The third-order valence-corrected chi connectivity index (χ3v) is 2.35. The Hall–Kier alpha value is -0.0300. The molecule has 1 rings (SSSR count). The molecule has 1 saturated carbocycles. The largest absolute Gasteiger partial charge is 0.387 e. The van der Waals surface area contributed by atoms with Gasteiger partial charge in [-0.3, -0.25) is 0 Å². The fourth-order valence-corrected chi connectivity index (χ4v) is 1.36. The van der Waals surface area contributed by atoms with Crippen LogP contribution in [0.1, 0.15) is 0 Å². The summed E-state index contributed by atoms with van der Waals surface area (Å²) in [4.78, 5) is 0. The highest BCUT2D eigenvalue weighted by atomic mass is 35.5. The van der Waals surface area contributed by atoms with Crippen LogP contribution in [-0.4, -0.2) is 41.3 Å². The topological polar surface area (TPSA) is 20.2 Å². The number of aliphatic hydroxyl groups is 1. The van der Waals surface area contributed by atoms with Gasteiger partial charge < -0.3 is 5.11 Å². The summed E-state index contributed by atoms with van der Waals surface area (Å²) in [5.41, 5.74) is 0. The van der Waals surface area contributed by atoms with Crippen molar-refractivity contribution in [1.82, 2.24) is 0 Å². The van der Waals surface area contributed by atoms with E-state index in [1.54, 1.807) is 0 Å². The lowest BCUT2D eigenvalue weighted by molar-refractivity contribution is -0.0852. The lowest BCUT2D eigenvalue weighted by Crippen LogP contribution is -2.55. The minimum absolute atomic E-state index is 1.86. The fraction of sp³-hybridized carbons (Fsp3) is 1.00. The third-order valence-electron chi connectivity index (χ3n) is 1.87. The highest BCUT2D eigenvalue weighted by Gasteiger charge is 2.51. The molecule has 0 aliphatic heterocycles. The molecular formula is C6H7ClF4O. The van der Waals surface area contributed by atoms with Crippen molar-refractivity contribution in [1.29, 1.82) is 0 Å². The van der Waals surface area contributed by atoms with E-state index < -0.39 is 36.2 Å². The maximum absolute atomic E-state index is 12.6. The Morgan fingerprint density at radius 1 is 0.833 bits per heavy atom. The van der Waals surface area contributed by atoms with Gasteiger partial charge in [-0.05, 0) is 0 Å². The van der Waals surface area contributed by atoms with Gasteiger partial charge in [-0.1, -0.05) is 0 Å². The van der Waals surface area contributed by atoms with Crippen LogP contribution in [0.15, 0.2) is 0 Å². The summed E-state index contributed by atoms with van der Waals surface area (Å²) in [6, 6.07) is 0. The molecule has 0 heterocycles. The maximum Gasteiger partial charge on any atom is 0.161 e. The Morgan fingerprint density at radius 2 is 1.17 bits per heavy atom. The second kappa shape index (κ2) is 3.38. The molecule has 1 aliphatic rings. The number of halogens is 5. The molecule has 0 saturated heterocycles. The molecule has 0 aromatic rings. The van der Waals surface area contributed by atoms with Crippen LogP contribution in [0.3, 0.4) is 0 Å². The second-order valence-electron chi connectivity index (χ2n) is 2.71. The molecule has 12 heavy (non-hydrogen) atoms. The summed E-state index contributed by atoms with van der Waals surface area (Å²) in [7, 11) is 0. The normalized spacial score (nSPS) is 55.5. The van der Waals surface area contributed by atoms with Gasteiger partial charge in [0.05, 0.1) is 0 Å². The van der Waals surface area contributed by atoms with Crippen LogP contribution in [0.4, 0.5) is 17.6 Å². The SMILES string of the molecule is OC1C(F)C(F)C(Cl)C(F)C1F. The standard InChI is InChI=1S/C6H7ClF4O/c7-1-2(8)4(10)6(12)5(11)3(1)9/h1-6,12H. The number of hydrogen-bond acceptors (Lipinski definition) is 1. The molecule has 0 spiro atoms. The van der Waals surface area contributed by atoms with Crippen molar-refractivity contribution in [3.63, 3.8) is 0 Å². The first-order valence-electron chi connectivity index (χ1n) is 3.35. The number of alkyl halides is 5. The molecule has 0 radical (unpaired) electrons. The van der Waals surface area contributed by atoms with Crippen LogP contribution < -0.4 is 0 Å². The van der Waals surface area contributed by atoms with E-state index in [4.69, 9.17) is 16.7 Å². The minimum atomic E-state index is -2.45. The van der Waals surface area contributed by atoms with Gasteiger partial charge >= 0.3 is 0 Å². The van der Waals surface area contributed by atoms with Crippen LogP contribution >= 0.6 is 11.6 Å². The van der Waals surface area contributed by atoms with Crippen LogP contribution in [0.5, 0.6) is 0 Å². The van der Waals surface area contributed by atoms with Crippen molar-refractivity contribution in [2.24, 2.45) is 0 Å². The van der Waals surface area contributed by atoms with Gasteiger partial charge in [0.25, 0.3) is 0 Å². The van der Waals surface area contributed by atoms with Crippen LogP contribution in [0.25, 0.3) is 0 Å². The van der Waals surface area contributed by atoms with Gasteiger partial charge in [0, 0.05) is 0 Å². The molecule has 4 atom stereocenters. The smallest absolute Gasteiger partial charge is 0.161 e.